The molecule has 10 heteroatoms. The Balaban J connectivity index is 0. The summed E-state index contributed by atoms with van der Waals surface area (Å²) in [7, 11) is -4.64. The van der Waals surface area contributed by atoms with E-state index in [4.69, 9.17) is 54.0 Å². The van der Waals surface area contributed by atoms with Crippen LogP contribution in [0.5, 0.6) is 0 Å². The highest BCUT2D eigenvalue weighted by Crippen LogP contribution is 2.28. The Kier molecular flexibility index (Phi) is 10.6. The van der Waals surface area contributed by atoms with Gasteiger partial charge in [-0.1, -0.05) is 40.9 Å². The molecule has 0 aliphatic rings. The third-order valence-corrected chi connectivity index (χ3v) is 2.14. The van der Waals surface area contributed by atoms with Gasteiger partial charge < -0.3 is 14.7 Å². The first-order valence-electron chi connectivity index (χ1n) is 3.43. The van der Waals surface area contributed by atoms with E-state index in [1.807, 2.05) is 0 Å². The van der Waals surface area contributed by atoms with Gasteiger partial charge >= 0.3 is 7.82 Å². The lowest BCUT2D eigenvalue weighted by atomic mass is 10.4. The summed E-state index contributed by atoms with van der Waals surface area (Å²) >= 11 is 16.8. The van der Waals surface area contributed by atoms with Gasteiger partial charge in [-0.3, -0.25) is 11.7 Å². The highest BCUT2D eigenvalue weighted by atomic mass is 35.5. The van der Waals surface area contributed by atoms with E-state index < -0.39 is 7.82 Å². The zero-order chi connectivity index (χ0) is 13.4. The number of phosphoric acid groups is 1. The molecule has 7 N–H and O–H groups in total. The number of hydrazine groups is 1. The Hall–Kier alpha value is 0.120. The fourth-order valence-corrected chi connectivity index (χ4v) is 1.00. The molecule has 0 aromatic heterocycles. The van der Waals surface area contributed by atoms with Crippen LogP contribution in [0.3, 0.4) is 0 Å². The Morgan fingerprint density at radius 1 is 1.00 bits per heavy atom. The van der Waals surface area contributed by atoms with Crippen LogP contribution in [-0.2, 0) is 4.57 Å². The maximum absolute atomic E-state index is 8.88. The summed E-state index contributed by atoms with van der Waals surface area (Å²) < 4.78 is 8.88. The predicted octanol–water partition coefficient (Wildman–Crippen LogP) is 1.54. The van der Waals surface area contributed by atoms with Crippen molar-refractivity contribution < 1.29 is 19.2 Å². The van der Waals surface area contributed by atoms with E-state index in [0.717, 1.165) is 0 Å². The smallest absolute Gasteiger partial charge is 0.303 e. The van der Waals surface area contributed by atoms with E-state index in [-0.39, 0.29) is 0 Å². The van der Waals surface area contributed by atoms with Gasteiger partial charge in [0.05, 0.1) is 15.1 Å². The fourth-order valence-electron chi connectivity index (χ4n) is 0.477. The Bertz CT molecular complexity index is 331. The molecule has 0 saturated carbocycles. The molecule has 0 spiro atoms. The minimum atomic E-state index is -4.64. The second kappa shape index (κ2) is 9.18. The predicted molar refractivity (Wildman–Crippen MR) is 64.1 cm³/mol. The molecule has 1 rings (SSSR count). The lowest BCUT2D eigenvalue weighted by Gasteiger charge is -1.94. The zero-order valence-electron chi connectivity index (χ0n) is 7.72. The molecule has 0 heterocycles. The molecule has 1 aromatic rings. The van der Waals surface area contributed by atoms with Gasteiger partial charge in [0, 0.05) is 0 Å². The van der Waals surface area contributed by atoms with E-state index in [1.165, 1.54) is 0 Å². The van der Waals surface area contributed by atoms with Crippen LogP contribution in [-0.4, -0.2) is 14.7 Å². The number of halogens is 3. The third-order valence-electron chi connectivity index (χ3n) is 0.904. The molecule has 0 aliphatic carbocycles. The van der Waals surface area contributed by atoms with Crippen molar-refractivity contribution in [1.82, 2.24) is 0 Å². The number of rotatable bonds is 0. The van der Waals surface area contributed by atoms with Gasteiger partial charge in [0.1, 0.15) is 0 Å². The van der Waals surface area contributed by atoms with Crippen molar-refractivity contribution in [3.63, 3.8) is 0 Å². The van der Waals surface area contributed by atoms with Crippen molar-refractivity contribution in [2.24, 2.45) is 11.7 Å². The molecule has 16 heavy (non-hydrogen) atoms. The lowest BCUT2D eigenvalue weighted by molar-refractivity contribution is 0.275. The number of benzene rings is 1. The lowest BCUT2D eigenvalue weighted by Crippen LogP contribution is -2.02. The molecule has 6 nitrogen and oxygen atoms in total. The second-order valence-corrected chi connectivity index (χ2v) is 4.27. The number of hydrogen-bond acceptors (Lipinski definition) is 3. The van der Waals surface area contributed by atoms with Crippen molar-refractivity contribution >= 4 is 42.6 Å². The monoisotopic (exact) mass is 310 g/mol. The van der Waals surface area contributed by atoms with Gasteiger partial charge in [0.2, 0.25) is 0 Å². The van der Waals surface area contributed by atoms with Gasteiger partial charge in [0.25, 0.3) is 0 Å². The zero-order valence-corrected chi connectivity index (χ0v) is 10.9. The molecular weight excluding hydrogens is 301 g/mol. The van der Waals surface area contributed by atoms with E-state index >= 15 is 0 Å². The van der Waals surface area contributed by atoms with Gasteiger partial charge in [-0.05, 0) is 12.1 Å². The van der Waals surface area contributed by atoms with Crippen LogP contribution in [0, 0.1) is 0 Å². The quantitative estimate of drug-likeness (QED) is 0.214. The Labute approximate surface area is 107 Å². The summed E-state index contributed by atoms with van der Waals surface area (Å²) in [6.07, 6.45) is 0. The first-order valence-corrected chi connectivity index (χ1v) is 6.13. The maximum atomic E-state index is 8.88. The summed E-state index contributed by atoms with van der Waals surface area (Å²) in [6.45, 7) is 0. The van der Waals surface area contributed by atoms with E-state index in [2.05, 4.69) is 11.7 Å². The van der Waals surface area contributed by atoms with Gasteiger partial charge in [0.15, 0.2) is 0 Å². The van der Waals surface area contributed by atoms with Crippen LogP contribution in [0.25, 0.3) is 0 Å². The molecule has 0 bridgehead atoms. The summed E-state index contributed by atoms with van der Waals surface area (Å²) in [4.78, 5) is 21.6. The fraction of sp³-hybridized carbons (Fsp3) is 0. The normalized spacial score (nSPS) is 9.50. The first-order chi connectivity index (χ1) is 7.22. The largest absolute Gasteiger partial charge is 0.466 e. The van der Waals surface area contributed by atoms with Crippen molar-refractivity contribution in [3.8, 4) is 0 Å². The van der Waals surface area contributed by atoms with Crippen molar-refractivity contribution in [2.45, 2.75) is 0 Å². The van der Waals surface area contributed by atoms with Gasteiger partial charge in [-0.25, -0.2) is 4.57 Å². The van der Waals surface area contributed by atoms with E-state index in [1.54, 1.807) is 18.2 Å². The van der Waals surface area contributed by atoms with Gasteiger partial charge in [-0.2, -0.15) is 0 Å². The summed E-state index contributed by atoms with van der Waals surface area (Å²) in [5.74, 6) is 8.00. The number of nitrogens with two attached hydrogens (primary N) is 2. The van der Waals surface area contributed by atoms with E-state index in [9.17, 15) is 0 Å². The van der Waals surface area contributed by atoms with Crippen LogP contribution in [0.15, 0.2) is 18.2 Å². The standard InChI is InChI=1S/C6H3Cl3.H4N2.H3O4P/c7-4-2-1-3-5(8)6(4)9;1-2;1-5(2,3)4/h1-3H;1-2H2;(H3,1,2,3,4). The van der Waals surface area contributed by atoms with Crippen LogP contribution in [0.2, 0.25) is 15.1 Å². The minimum Gasteiger partial charge on any atom is -0.303 e. The van der Waals surface area contributed by atoms with Crippen molar-refractivity contribution in [3.05, 3.63) is 33.3 Å². The highest BCUT2D eigenvalue weighted by molar-refractivity contribution is 7.45. The molecule has 94 valence electrons. The van der Waals surface area contributed by atoms with E-state index in [0.29, 0.717) is 15.1 Å². The highest BCUT2D eigenvalue weighted by Gasteiger charge is 2.00. The molecular formula is C6H10Cl3N2O4P. The third kappa shape index (κ3) is 12.2. The summed E-state index contributed by atoms with van der Waals surface area (Å²) in [5, 5.41) is 1.40. The minimum absolute atomic E-state index is 0.417. The first kappa shape index (κ1) is 18.5. The maximum Gasteiger partial charge on any atom is 0.466 e. The molecule has 0 fully saturated rings. The Morgan fingerprint density at radius 3 is 1.44 bits per heavy atom. The average molecular weight is 311 g/mol. The van der Waals surface area contributed by atoms with Crippen LogP contribution in [0.1, 0.15) is 0 Å². The van der Waals surface area contributed by atoms with Crippen LogP contribution in [0.4, 0.5) is 0 Å². The summed E-state index contributed by atoms with van der Waals surface area (Å²) in [5.41, 5.74) is 0. The molecule has 0 atom stereocenters. The SMILES string of the molecule is Clc1cccc(Cl)c1Cl.NN.O=P(O)(O)O. The molecule has 1 aromatic carbocycles. The van der Waals surface area contributed by atoms with Crippen LogP contribution >= 0.6 is 42.6 Å². The summed E-state index contributed by atoms with van der Waals surface area (Å²) in [6, 6.07) is 5.13. The average Bonchev–Trinajstić information content (AvgIpc) is 2.15. The van der Waals surface area contributed by atoms with Crippen molar-refractivity contribution in [2.75, 3.05) is 0 Å². The number of hydrogen-bond donors (Lipinski definition) is 5. The molecule has 0 radical (unpaired) electrons. The molecule has 0 unspecified atom stereocenters. The molecule has 0 aliphatic heterocycles. The molecule has 0 amide bonds. The molecule has 0 saturated heterocycles. The Morgan fingerprint density at radius 2 is 1.25 bits per heavy atom. The van der Waals surface area contributed by atoms with Gasteiger partial charge in [-0.15, -0.1) is 0 Å². The topological polar surface area (TPSA) is 130 Å². The second-order valence-electron chi connectivity index (χ2n) is 2.05. The van der Waals surface area contributed by atoms with Crippen molar-refractivity contribution in [1.29, 1.82) is 0 Å². The van der Waals surface area contributed by atoms with Crippen LogP contribution < -0.4 is 11.7 Å².